The molecule has 0 aliphatic rings. The van der Waals surface area contributed by atoms with Gasteiger partial charge in [0, 0.05) is 18.1 Å². The van der Waals surface area contributed by atoms with Gasteiger partial charge < -0.3 is 4.98 Å². The molecule has 1 aromatic carbocycles. The number of benzene rings is 1. The van der Waals surface area contributed by atoms with E-state index in [1.807, 2.05) is 0 Å². The van der Waals surface area contributed by atoms with E-state index in [-0.39, 0.29) is 5.56 Å². The molecule has 3 rings (SSSR count). The Bertz CT molecular complexity index is 1050. The molecule has 0 saturated heterocycles. The number of aromatic nitrogens is 2. The van der Waals surface area contributed by atoms with Crippen molar-refractivity contribution in [1.82, 2.24) is 14.3 Å². The number of nitrogens with zero attached hydrogens (tertiary/aromatic N) is 2. The van der Waals surface area contributed by atoms with Crippen LogP contribution in [0.5, 0.6) is 0 Å². The molecular weight excluding hydrogens is 386 g/mol. The van der Waals surface area contributed by atoms with E-state index in [1.54, 1.807) is 12.3 Å². The fraction of sp³-hybridized carbons (Fsp3) is 0.235. The summed E-state index contributed by atoms with van der Waals surface area (Å²) >= 11 is 0. The summed E-state index contributed by atoms with van der Waals surface area (Å²) in [4.78, 5) is 6.64. The highest BCUT2D eigenvalue weighted by molar-refractivity contribution is 7.89. The maximum absolute atomic E-state index is 13.8. The summed E-state index contributed by atoms with van der Waals surface area (Å²) in [6.07, 6.45) is -2.09. The minimum absolute atomic E-state index is 0.320. The third kappa shape index (κ3) is 3.67. The molecule has 0 fully saturated rings. The molecule has 0 aliphatic heterocycles. The summed E-state index contributed by atoms with van der Waals surface area (Å²) < 4.78 is 80.6. The number of pyridine rings is 1. The molecule has 0 saturated carbocycles. The molecule has 27 heavy (non-hydrogen) atoms. The van der Waals surface area contributed by atoms with Crippen LogP contribution in [-0.4, -0.2) is 35.4 Å². The average Bonchev–Trinajstić information content (AvgIpc) is 3.07. The molecule has 1 N–H and O–H groups in total. The van der Waals surface area contributed by atoms with Gasteiger partial charge in [-0.25, -0.2) is 17.8 Å². The van der Waals surface area contributed by atoms with E-state index in [1.165, 1.54) is 19.2 Å². The van der Waals surface area contributed by atoms with Gasteiger partial charge in [-0.1, -0.05) is 19.1 Å². The highest BCUT2D eigenvalue weighted by Gasteiger charge is 2.49. The quantitative estimate of drug-likeness (QED) is 0.657. The van der Waals surface area contributed by atoms with Crippen molar-refractivity contribution in [1.29, 1.82) is 0 Å². The van der Waals surface area contributed by atoms with Crippen molar-refractivity contribution in [2.75, 3.05) is 6.54 Å². The SMILES string of the molecule is CCN([C@H](c1ccc(F)cc1)C(F)(F)F)S(=O)(=O)c1cc2cc[nH]c2cn1. The number of nitrogens with one attached hydrogen (secondary N) is 1. The third-order valence-electron chi connectivity index (χ3n) is 4.08. The zero-order valence-corrected chi connectivity index (χ0v) is 14.9. The fourth-order valence-electron chi connectivity index (χ4n) is 2.85. The number of aromatic amines is 1. The lowest BCUT2D eigenvalue weighted by atomic mass is 10.1. The first kappa shape index (κ1) is 19.3. The van der Waals surface area contributed by atoms with Crippen molar-refractivity contribution >= 4 is 20.9 Å². The van der Waals surface area contributed by atoms with Crippen molar-refractivity contribution in [2.24, 2.45) is 0 Å². The smallest absolute Gasteiger partial charge is 0.360 e. The summed E-state index contributed by atoms with van der Waals surface area (Å²) in [6.45, 7) is 0.853. The lowest BCUT2D eigenvalue weighted by molar-refractivity contribution is -0.173. The molecular formula is C17H15F4N3O2S. The summed E-state index contributed by atoms with van der Waals surface area (Å²) in [7, 11) is -4.57. The first-order chi connectivity index (χ1) is 12.6. The highest BCUT2D eigenvalue weighted by atomic mass is 32.2. The standard InChI is InChI=1S/C17H15F4N3O2S/c1-2-24(16(17(19,20)21)11-3-5-13(18)6-4-11)27(25,26)15-9-12-7-8-22-14(12)10-23-15/h3-10,16,22H,2H2,1H3/t16-/m1/s1. The largest absolute Gasteiger partial charge is 0.409 e. The molecule has 0 spiro atoms. The minimum atomic E-state index is -4.90. The molecule has 3 aromatic rings. The van der Waals surface area contributed by atoms with Crippen LogP contribution in [0, 0.1) is 5.82 Å². The Morgan fingerprint density at radius 2 is 1.85 bits per heavy atom. The third-order valence-corrected chi connectivity index (χ3v) is 5.92. The number of rotatable bonds is 5. The van der Waals surface area contributed by atoms with Crippen LogP contribution in [-0.2, 0) is 10.0 Å². The lowest BCUT2D eigenvalue weighted by Gasteiger charge is -2.31. The predicted molar refractivity (Wildman–Crippen MR) is 90.9 cm³/mol. The molecule has 144 valence electrons. The summed E-state index contributed by atoms with van der Waals surface area (Å²) in [5.41, 5.74) is 0.181. The topological polar surface area (TPSA) is 66.1 Å². The molecule has 0 aliphatic carbocycles. The van der Waals surface area contributed by atoms with Gasteiger partial charge in [0.1, 0.15) is 11.9 Å². The molecule has 10 heteroatoms. The fourth-order valence-corrected chi connectivity index (χ4v) is 4.41. The normalized spacial score (nSPS) is 14.0. The number of hydrogen-bond acceptors (Lipinski definition) is 3. The van der Waals surface area contributed by atoms with Crippen LogP contribution >= 0.6 is 0 Å². The molecule has 2 aromatic heterocycles. The predicted octanol–water partition coefficient (Wildman–Crippen LogP) is 4.02. The number of alkyl halides is 3. The Morgan fingerprint density at radius 3 is 2.44 bits per heavy atom. The van der Waals surface area contributed by atoms with Gasteiger partial charge in [-0.3, -0.25) is 0 Å². The van der Waals surface area contributed by atoms with E-state index in [4.69, 9.17) is 0 Å². The Hall–Kier alpha value is -2.46. The number of hydrogen-bond donors (Lipinski definition) is 1. The Kier molecular flexibility index (Phi) is 4.96. The molecule has 0 unspecified atom stereocenters. The van der Waals surface area contributed by atoms with Gasteiger partial charge in [0.2, 0.25) is 0 Å². The van der Waals surface area contributed by atoms with Crippen LogP contribution in [0.4, 0.5) is 17.6 Å². The van der Waals surface area contributed by atoms with Gasteiger partial charge in [-0.15, -0.1) is 0 Å². The summed E-state index contributed by atoms with van der Waals surface area (Å²) in [6, 6.07) is 3.91. The zero-order chi connectivity index (χ0) is 19.8. The van der Waals surface area contributed by atoms with Gasteiger partial charge >= 0.3 is 6.18 Å². The van der Waals surface area contributed by atoms with Crippen molar-refractivity contribution in [3.63, 3.8) is 0 Å². The van der Waals surface area contributed by atoms with E-state index in [2.05, 4.69) is 9.97 Å². The Labute approximate surface area is 152 Å². The second-order valence-corrected chi connectivity index (χ2v) is 7.63. The van der Waals surface area contributed by atoms with E-state index in [9.17, 15) is 26.0 Å². The average molecular weight is 401 g/mol. The van der Waals surface area contributed by atoms with Crippen molar-refractivity contribution in [2.45, 2.75) is 24.2 Å². The van der Waals surface area contributed by atoms with Gasteiger partial charge in [0.05, 0.1) is 11.7 Å². The minimum Gasteiger partial charge on any atom is -0.360 e. The van der Waals surface area contributed by atoms with Crippen LogP contribution in [0.3, 0.4) is 0 Å². The van der Waals surface area contributed by atoms with Gasteiger partial charge in [0.15, 0.2) is 5.03 Å². The first-order valence-electron chi connectivity index (χ1n) is 7.91. The maximum Gasteiger partial charge on any atom is 0.409 e. The second-order valence-electron chi connectivity index (χ2n) is 5.79. The number of fused-ring (bicyclic) bond motifs is 1. The maximum atomic E-state index is 13.8. The summed E-state index contributed by atoms with van der Waals surface area (Å²) in [5, 5.41) is 0.0118. The van der Waals surface area contributed by atoms with Crippen molar-refractivity contribution < 1.29 is 26.0 Å². The van der Waals surface area contributed by atoms with E-state index >= 15 is 0 Å². The zero-order valence-electron chi connectivity index (χ0n) is 14.0. The number of sulfonamides is 1. The van der Waals surface area contributed by atoms with E-state index < -0.39 is 39.6 Å². The molecule has 2 heterocycles. The highest BCUT2D eigenvalue weighted by Crippen LogP contribution is 2.40. The first-order valence-corrected chi connectivity index (χ1v) is 9.35. The molecule has 1 atom stereocenters. The van der Waals surface area contributed by atoms with Crippen molar-refractivity contribution in [3.05, 3.63) is 60.2 Å². The van der Waals surface area contributed by atoms with Crippen LogP contribution in [0.2, 0.25) is 0 Å². The lowest BCUT2D eigenvalue weighted by Crippen LogP contribution is -2.42. The Morgan fingerprint density at radius 1 is 1.19 bits per heavy atom. The number of H-pyrrole nitrogens is 1. The van der Waals surface area contributed by atoms with Crippen LogP contribution in [0.1, 0.15) is 18.5 Å². The Balaban J connectivity index is 2.11. The van der Waals surface area contributed by atoms with Gasteiger partial charge in [0.25, 0.3) is 10.0 Å². The molecule has 0 amide bonds. The van der Waals surface area contributed by atoms with E-state index in [0.717, 1.165) is 24.3 Å². The molecule has 0 radical (unpaired) electrons. The van der Waals surface area contributed by atoms with Gasteiger partial charge in [-0.2, -0.15) is 17.5 Å². The van der Waals surface area contributed by atoms with Crippen molar-refractivity contribution in [3.8, 4) is 0 Å². The van der Waals surface area contributed by atoms with Gasteiger partial charge in [-0.05, 0) is 29.8 Å². The molecule has 5 nitrogen and oxygen atoms in total. The van der Waals surface area contributed by atoms with Crippen LogP contribution in [0.25, 0.3) is 10.9 Å². The summed E-state index contributed by atoms with van der Waals surface area (Å²) in [5.74, 6) is -0.717. The van der Waals surface area contributed by atoms with Crippen LogP contribution in [0.15, 0.2) is 53.8 Å². The molecule has 0 bridgehead atoms. The van der Waals surface area contributed by atoms with Crippen LogP contribution < -0.4 is 0 Å². The second kappa shape index (κ2) is 6.93. The monoisotopic (exact) mass is 401 g/mol. The number of halogens is 4. The van der Waals surface area contributed by atoms with E-state index in [0.29, 0.717) is 15.2 Å².